The molecule has 58 valence electrons. The second kappa shape index (κ2) is 6.17. The van der Waals surface area contributed by atoms with Gasteiger partial charge in [-0.15, -0.1) is 0 Å². The third-order valence-corrected chi connectivity index (χ3v) is 1.93. The number of halogens is 1. The Bertz CT molecular complexity index is 250. The number of nitrogens with zero attached hydrogens (tertiary/aromatic N) is 1. The molecule has 11 heavy (non-hydrogen) atoms. The monoisotopic (exact) mass is 259 g/mol. The lowest BCUT2D eigenvalue weighted by Crippen LogP contribution is -1.76. The average molecular weight is 259 g/mol. The SMILES string of the molecule is CC.N#Cc1ccccc1I. The third kappa shape index (κ3) is 3.38. The molecule has 0 saturated heterocycles. The zero-order valence-corrected chi connectivity index (χ0v) is 8.79. The van der Waals surface area contributed by atoms with Gasteiger partial charge in [-0.1, -0.05) is 26.0 Å². The number of hydrogen-bond acceptors (Lipinski definition) is 1. The molecule has 1 aromatic carbocycles. The summed E-state index contributed by atoms with van der Waals surface area (Å²) in [5.74, 6) is 0. The highest BCUT2D eigenvalue weighted by molar-refractivity contribution is 14.1. The van der Waals surface area contributed by atoms with E-state index in [0.717, 1.165) is 9.13 Å². The Balaban J connectivity index is 0.000000461. The summed E-state index contributed by atoms with van der Waals surface area (Å²) in [4.78, 5) is 0. The number of nitriles is 1. The van der Waals surface area contributed by atoms with Crippen molar-refractivity contribution in [2.24, 2.45) is 0 Å². The van der Waals surface area contributed by atoms with E-state index in [9.17, 15) is 0 Å². The number of benzene rings is 1. The molecule has 0 aliphatic heterocycles. The van der Waals surface area contributed by atoms with Crippen LogP contribution in [0.3, 0.4) is 0 Å². The van der Waals surface area contributed by atoms with E-state index in [4.69, 9.17) is 5.26 Å². The quantitative estimate of drug-likeness (QED) is 0.656. The molecule has 2 heteroatoms. The molecule has 0 N–H and O–H groups in total. The minimum Gasteiger partial charge on any atom is -0.192 e. The van der Waals surface area contributed by atoms with Crippen molar-refractivity contribution in [2.75, 3.05) is 0 Å². The molecule has 1 nitrogen and oxygen atoms in total. The lowest BCUT2D eigenvalue weighted by atomic mass is 10.2. The van der Waals surface area contributed by atoms with E-state index in [2.05, 4.69) is 28.7 Å². The summed E-state index contributed by atoms with van der Waals surface area (Å²) in [6.45, 7) is 4.00. The van der Waals surface area contributed by atoms with Crippen molar-refractivity contribution in [2.45, 2.75) is 13.8 Å². The van der Waals surface area contributed by atoms with Crippen molar-refractivity contribution in [1.29, 1.82) is 5.26 Å². The highest BCUT2D eigenvalue weighted by atomic mass is 127. The van der Waals surface area contributed by atoms with Crippen LogP contribution in [0.5, 0.6) is 0 Å². The normalized spacial score (nSPS) is 7.45. The molecule has 0 aliphatic rings. The molecule has 1 aromatic rings. The second-order valence-corrected chi connectivity index (χ2v) is 2.75. The minimum atomic E-state index is 0.748. The standard InChI is InChI=1S/C7H4IN.C2H6/c8-7-4-2-1-3-6(7)5-9;1-2/h1-4H;1-2H3. The van der Waals surface area contributed by atoms with Crippen molar-refractivity contribution in [3.05, 3.63) is 33.4 Å². The van der Waals surface area contributed by atoms with Crippen molar-refractivity contribution >= 4 is 22.6 Å². The molecule has 0 aromatic heterocycles. The van der Waals surface area contributed by atoms with Crippen LogP contribution in [-0.2, 0) is 0 Å². The summed E-state index contributed by atoms with van der Waals surface area (Å²) in [5.41, 5.74) is 0.748. The van der Waals surface area contributed by atoms with Crippen LogP contribution in [0.25, 0.3) is 0 Å². The highest BCUT2D eigenvalue weighted by Gasteiger charge is 1.91. The summed E-state index contributed by atoms with van der Waals surface area (Å²) in [6.07, 6.45) is 0. The summed E-state index contributed by atoms with van der Waals surface area (Å²) < 4.78 is 1.01. The van der Waals surface area contributed by atoms with Crippen LogP contribution in [0.15, 0.2) is 24.3 Å². The zero-order chi connectivity index (χ0) is 8.69. The van der Waals surface area contributed by atoms with Gasteiger partial charge >= 0.3 is 0 Å². The van der Waals surface area contributed by atoms with Crippen molar-refractivity contribution in [3.8, 4) is 6.07 Å². The average Bonchev–Trinajstić information content (AvgIpc) is 2.09. The van der Waals surface area contributed by atoms with E-state index in [1.807, 2.05) is 38.1 Å². The van der Waals surface area contributed by atoms with E-state index >= 15 is 0 Å². The number of hydrogen-bond donors (Lipinski definition) is 0. The fourth-order valence-electron chi connectivity index (χ4n) is 0.552. The predicted molar refractivity (Wildman–Crippen MR) is 55.2 cm³/mol. The van der Waals surface area contributed by atoms with Crippen LogP contribution in [0.1, 0.15) is 19.4 Å². The van der Waals surface area contributed by atoms with Gasteiger partial charge in [0.2, 0.25) is 0 Å². The van der Waals surface area contributed by atoms with Crippen LogP contribution >= 0.6 is 22.6 Å². The maximum atomic E-state index is 8.46. The van der Waals surface area contributed by atoms with Crippen molar-refractivity contribution in [3.63, 3.8) is 0 Å². The molecule has 0 aliphatic carbocycles. The lowest BCUT2D eigenvalue weighted by Gasteiger charge is -1.88. The Morgan fingerprint density at radius 1 is 1.27 bits per heavy atom. The van der Waals surface area contributed by atoms with E-state index < -0.39 is 0 Å². The maximum Gasteiger partial charge on any atom is 0.100 e. The van der Waals surface area contributed by atoms with Gasteiger partial charge in [-0.05, 0) is 34.7 Å². The maximum absolute atomic E-state index is 8.46. The van der Waals surface area contributed by atoms with E-state index in [1.165, 1.54) is 0 Å². The smallest absolute Gasteiger partial charge is 0.100 e. The van der Waals surface area contributed by atoms with Crippen LogP contribution in [-0.4, -0.2) is 0 Å². The van der Waals surface area contributed by atoms with Gasteiger partial charge < -0.3 is 0 Å². The van der Waals surface area contributed by atoms with Gasteiger partial charge in [0.1, 0.15) is 6.07 Å². The van der Waals surface area contributed by atoms with Gasteiger partial charge in [0.25, 0.3) is 0 Å². The second-order valence-electron chi connectivity index (χ2n) is 1.59. The molecule has 0 radical (unpaired) electrons. The van der Waals surface area contributed by atoms with E-state index in [-0.39, 0.29) is 0 Å². The van der Waals surface area contributed by atoms with Gasteiger partial charge in [0, 0.05) is 3.57 Å². The Labute approximate surface area is 81.2 Å². The molecule has 0 atom stereocenters. The first-order valence-electron chi connectivity index (χ1n) is 3.49. The summed E-state index contributed by atoms with van der Waals surface area (Å²) >= 11 is 2.14. The summed E-state index contributed by atoms with van der Waals surface area (Å²) in [7, 11) is 0. The van der Waals surface area contributed by atoms with Crippen LogP contribution in [0, 0.1) is 14.9 Å². The topological polar surface area (TPSA) is 23.8 Å². The zero-order valence-electron chi connectivity index (χ0n) is 6.63. The predicted octanol–water partition coefficient (Wildman–Crippen LogP) is 3.19. The lowest BCUT2D eigenvalue weighted by molar-refractivity contribution is 1.46. The fraction of sp³-hybridized carbons (Fsp3) is 0.222. The Kier molecular flexibility index (Phi) is 5.86. The molecule has 1 rings (SSSR count). The fourth-order valence-corrected chi connectivity index (χ4v) is 1.06. The van der Waals surface area contributed by atoms with E-state index in [1.54, 1.807) is 0 Å². The Morgan fingerprint density at radius 2 is 1.82 bits per heavy atom. The largest absolute Gasteiger partial charge is 0.192 e. The third-order valence-electron chi connectivity index (χ3n) is 0.994. The highest BCUT2D eigenvalue weighted by Crippen LogP contribution is 2.08. The van der Waals surface area contributed by atoms with Crippen molar-refractivity contribution < 1.29 is 0 Å². The van der Waals surface area contributed by atoms with Gasteiger partial charge in [0.15, 0.2) is 0 Å². The molecular formula is C9H10IN. The first kappa shape index (κ1) is 10.4. The first-order valence-corrected chi connectivity index (χ1v) is 4.57. The molecule has 0 unspecified atom stereocenters. The van der Waals surface area contributed by atoms with Gasteiger partial charge in [0.05, 0.1) is 5.56 Å². The molecule has 0 saturated carbocycles. The number of rotatable bonds is 0. The minimum absolute atomic E-state index is 0.748. The molecule has 0 amide bonds. The summed E-state index contributed by atoms with van der Waals surface area (Å²) in [6, 6.07) is 9.59. The summed E-state index contributed by atoms with van der Waals surface area (Å²) in [5, 5.41) is 8.46. The molecule has 0 bridgehead atoms. The Hall–Kier alpha value is -0.560. The van der Waals surface area contributed by atoms with Crippen LogP contribution in [0.2, 0.25) is 0 Å². The van der Waals surface area contributed by atoms with Crippen LogP contribution in [0.4, 0.5) is 0 Å². The Morgan fingerprint density at radius 3 is 2.18 bits per heavy atom. The van der Waals surface area contributed by atoms with Crippen molar-refractivity contribution in [1.82, 2.24) is 0 Å². The molecule has 0 spiro atoms. The molecule has 0 heterocycles. The molecule has 0 fully saturated rings. The molecular weight excluding hydrogens is 249 g/mol. The van der Waals surface area contributed by atoms with Gasteiger partial charge in [-0.2, -0.15) is 5.26 Å². The van der Waals surface area contributed by atoms with E-state index in [0.29, 0.717) is 0 Å². The van der Waals surface area contributed by atoms with Crippen LogP contribution < -0.4 is 0 Å². The first-order chi connectivity index (χ1) is 5.34. The van der Waals surface area contributed by atoms with Gasteiger partial charge in [-0.25, -0.2) is 0 Å². The van der Waals surface area contributed by atoms with Gasteiger partial charge in [-0.3, -0.25) is 0 Å².